The van der Waals surface area contributed by atoms with E-state index in [1.54, 1.807) is 13.0 Å². The fourth-order valence-electron chi connectivity index (χ4n) is 4.69. The normalized spacial score (nSPS) is 16.7. The van der Waals surface area contributed by atoms with Crippen molar-refractivity contribution in [2.24, 2.45) is 0 Å². The quantitative estimate of drug-likeness (QED) is 0.549. The molecule has 2 saturated heterocycles. The third kappa shape index (κ3) is 4.46. The lowest BCUT2D eigenvalue weighted by atomic mass is 10.0. The van der Waals surface area contributed by atoms with Crippen LogP contribution in [0.1, 0.15) is 41.1 Å². The van der Waals surface area contributed by atoms with Crippen molar-refractivity contribution in [1.29, 1.82) is 0 Å². The number of benzene rings is 1. The van der Waals surface area contributed by atoms with Gasteiger partial charge < -0.3 is 19.2 Å². The van der Waals surface area contributed by atoms with Crippen LogP contribution in [-0.2, 0) is 0 Å². The summed E-state index contributed by atoms with van der Waals surface area (Å²) in [6.45, 7) is 8.39. The predicted octanol–water partition coefficient (Wildman–Crippen LogP) is 4.35. The molecule has 0 atom stereocenters. The summed E-state index contributed by atoms with van der Waals surface area (Å²) in [5.74, 6) is 2.16. The van der Waals surface area contributed by atoms with E-state index in [1.807, 2.05) is 36.1 Å². The molecular formula is C25H29ClN6O2. The monoisotopic (exact) mass is 480 g/mol. The van der Waals surface area contributed by atoms with Crippen LogP contribution < -0.4 is 9.80 Å². The van der Waals surface area contributed by atoms with Gasteiger partial charge in [-0.05, 0) is 39.2 Å². The number of piperazine rings is 1. The summed E-state index contributed by atoms with van der Waals surface area (Å²) in [7, 11) is 0. The SMILES string of the molecule is Cc1cc(N2CCN(C(=O)c3c(-c4ccccc4Cl)noc3C)CC2)nc(N2CCCCC2)n1. The van der Waals surface area contributed by atoms with Gasteiger partial charge in [-0.1, -0.05) is 35.0 Å². The number of carbonyl (C=O) groups is 1. The van der Waals surface area contributed by atoms with E-state index in [0.29, 0.717) is 53.8 Å². The van der Waals surface area contributed by atoms with Crippen LogP contribution in [0.25, 0.3) is 11.3 Å². The number of rotatable bonds is 4. The van der Waals surface area contributed by atoms with Gasteiger partial charge in [-0.2, -0.15) is 4.98 Å². The van der Waals surface area contributed by atoms with Gasteiger partial charge in [0.25, 0.3) is 5.91 Å². The number of aromatic nitrogens is 3. The Balaban J connectivity index is 1.31. The van der Waals surface area contributed by atoms with Crippen molar-refractivity contribution in [1.82, 2.24) is 20.0 Å². The number of piperidine rings is 1. The molecule has 178 valence electrons. The zero-order chi connectivity index (χ0) is 23.7. The molecule has 8 nitrogen and oxygen atoms in total. The van der Waals surface area contributed by atoms with Crippen molar-refractivity contribution in [2.75, 3.05) is 49.1 Å². The number of hydrogen-bond acceptors (Lipinski definition) is 7. The Kier molecular flexibility index (Phi) is 6.41. The Labute approximate surface area is 204 Å². The molecular weight excluding hydrogens is 452 g/mol. The molecule has 9 heteroatoms. The largest absolute Gasteiger partial charge is 0.360 e. The lowest BCUT2D eigenvalue weighted by Crippen LogP contribution is -2.49. The second-order valence-electron chi connectivity index (χ2n) is 8.94. The molecule has 0 unspecified atom stereocenters. The van der Waals surface area contributed by atoms with Gasteiger partial charge in [0.2, 0.25) is 5.95 Å². The van der Waals surface area contributed by atoms with Gasteiger partial charge in [-0.25, -0.2) is 4.98 Å². The Bertz CT molecular complexity index is 1180. The molecule has 0 saturated carbocycles. The first-order chi connectivity index (χ1) is 16.5. The zero-order valence-corrected chi connectivity index (χ0v) is 20.4. The molecule has 34 heavy (non-hydrogen) atoms. The van der Waals surface area contributed by atoms with Crippen LogP contribution in [-0.4, -0.2) is 65.2 Å². The average Bonchev–Trinajstić information content (AvgIpc) is 3.25. The molecule has 1 aromatic carbocycles. The summed E-state index contributed by atoms with van der Waals surface area (Å²) in [5, 5.41) is 4.69. The highest BCUT2D eigenvalue weighted by Gasteiger charge is 2.30. The van der Waals surface area contributed by atoms with E-state index in [0.717, 1.165) is 30.5 Å². The fourth-order valence-corrected chi connectivity index (χ4v) is 4.92. The van der Waals surface area contributed by atoms with Crippen LogP contribution >= 0.6 is 11.6 Å². The van der Waals surface area contributed by atoms with Crippen molar-refractivity contribution in [3.63, 3.8) is 0 Å². The van der Waals surface area contributed by atoms with Crippen molar-refractivity contribution in [3.8, 4) is 11.3 Å². The number of carbonyl (C=O) groups excluding carboxylic acids is 1. The maximum Gasteiger partial charge on any atom is 0.259 e. The molecule has 3 aromatic rings. The van der Waals surface area contributed by atoms with E-state index in [2.05, 4.69) is 19.9 Å². The lowest BCUT2D eigenvalue weighted by molar-refractivity contribution is 0.0745. The number of amides is 1. The summed E-state index contributed by atoms with van der Waals surface area (Å²) in [6.07, 6.45) is 3.65. The molecule has 2 aliphatic heterocycles. The lowest BCUT2D eigenvalue weighted by Gasteiger charge is -2.36. The Morgan fingerprint density at radius 1 is 0.941 bits per heavy atom. The van der Waals surface area contributed by atoms with E-state index < -0.39 is 0 Å². The molecule has 1 amide bonds. The van der Waals surface area contributed by atoms with Crippen molar-refractivity contribution in [3.05, 3.63) is 52.4 Å². The molecule has 0 bridgehead atoms. The van der Waals surface area contributed by atoms with Crippen LogP contribution in [0.15, 0.2) is 34.9 Å². The number of aryl methyl sites for hydroxylation is 2. The van der Waals surface area contributed by atoms with Gasteiger partial charge in [0.15, 0.2) is 0 Å². The van der Waals surface area contributed by atoms with Crippen LogP contribution in [0.3, 0.4) is 0 Å². The predicted molar refractivity (Wildman–Crippen MR) is 133 cm³/mol. The van der Waals surface area contributed by atoms with E-state index in [1.165, 1.54) is 19.3 Å². The number of nitrogens with zero attached hydrogens (tertiary/aromatic N) is 6. The number of anilines is 2. The van der Waals surface area contributed by atoms with Gasteiger partial charge in [-0.3, -0.25) is 4.79 Å². The summed E-state index contributed by atoms with van der Waals surface area (Å²) in [6, 6.07) is 9.40. The van der Waals surface area contributed by atoms with Gasteiger partial charge in [0.05, 0.1) is 5.02 Å². The third-order valence-corrected chi connectivity index (χ3v) is 6.89. The molecule has 4 heterocycles. The minimum absolute atomic E-state index is 0.0822. The maximum atomic E-state index is 13.5. The van der Waals surface area contributed by atoms with E-state index in [-0.39, 0.29) is 5.91 Å². The molecule has 5 rings (SSSR count). The average molecular weight is 481 g/mol. The molecule has 0 N–H and O–H groups in total. The summed E-state index contributed by atoms with van der Waals surface area (Å²) >= 11 is 6.37. The highest BCUT2D eigenvalue weighted by molar-refractivity contribution is 6.33. The van der Waals surface area contributed by atoms with Crippen molar-refractivity contribution < 1.29 is 9.32 Å². The molecule has 2 fully saturated rings. The van der Waals surface area contributed by atoms with Gasteiger partial charge in [0, 0.05) is 56.6 Å². The van der Waals surface area contributed by atoms with E-state index >= 15 is 0 Å². The second kappa shape index (κ2) is 9.62. The summed E-state index contributed by atoms with van der Waals surface area (Å²) in [5.41, 5.74) is 2.64. The highest BCUT2D eigenvalue weighted by atomic mass is 35.5. The van der Waals surface area contributed by atoms with Crippen LogP contribution in [0.4, 0.5) is 11.8 Å². The topological polar surface area (TPSA) is 78.6 Å². The Morgan fingerprint density at radius 2 is 1.68 bits per heavy atom. The smallest absolute Gasteiger partial charge is 0.259 e. The van der Waals surface area contributed by atoms with Gasteiger partial charge in [0.1, 0.15) is 22.8 Å². The first-order valence-electron chi connectivity index (χ1n) is 11.9. The first kappa shape index (κ1) is 22.7. The molecule has 0 radical (unpaired) electrons. The zero-order valence-electron chi connectivity index (χ0n) is 19.6. The molecule has 0 aliphatic carbocycles. The van der Waals surface area contributed by atoms with Crippen LogP contribution in [0.2, 0.25) is 5.02 Å². The van der Waals surface area contributed by atoms with Crippen molar-refractivity contribution >= 4 is 29.3 Å². The van der Waals surface area contributed by atoms with Crippen LogP contribution in [0.5, 0.6) is 0 Å². The van der Waals surface area contributed by atoms with Gasteiger partial charge >= 0.3 is 0 Å². The third-order valence-electron chi connectivity index (χ3n) is 6.56. The Morgan fingerprint density at radius 3 is 2.41 bits per heavy atom. The minimum atomic E-state index is -0.0822. The van der Waals surface area contributed by atoms with E-state index in [4.69, 9.17) is 21.1 Å². The summed E-state index contributed by atoms with van der Waals surface area (Å²) < 4.78 is 5.40. The minimum Gasteiger partial charge on any atom is -0.360 e. The number of hydrogen-bond donors (Lipinski definition) is 0. The highest BCUT2D eigenvalue weighted by Crippen LogP contribution is 2.32. The first-order valence-corrected chi connectivity index (χ1v) is 12.2. The fraction of sp³-hybridized carbons (Fsp3) is 0.440. The standard InChI is InChI=1S/C25H29ClN6O2/c1-17-16-21(28-25(27-17)32-10-6-3-7-11-32)30-12-14-31(15-13-30)24(33)22-18(2)34-29-23(22)19-8-4-5-9-20(19)26/h4-5,8-9,16H,3,6-7,10-15H2,1-2H3. The molecule has 2 aliphatic rings. The van der Waals surface area contributed by atoms with Gasteiger partial charge in [-0.15, -0.1) is 0 Å². The summed E-state index contributed by atoms with van der Waals surface area (Å²) in [4.78, 5) is 29.4. The number of halogens is 1. The van der Waals surface area contributed by atoms with E-state index in [9.17, 15) is 4.79 Å². The van der Waals surface area contributed by atoms with Crippen molar-refractivity contribution in [2.45, 2.75) is 33.1 Å². The molecule has 0 spiro atoms. The molecule has 2 aromatic heterocycles. The van der Waals surface area contributed by atoms with Crippen LogP contribution in [0, 0.1) is 13.8 Å². The Hall–Kier alpha value is -3.13. The maximum absolute atomic E-state index is 13.5. The second-order valence-corrected chi connectivity index (χ2v) is 9.34.